The molecule has 98 valence electrons. The molecule has 17 heavy (non-hydrogen) atoms. The van der Waals surface area contributed by atoms with Gasteiger partial charge in [-0.25, -0.2) is 0 Å². The summed E-state index contributed by atoms with van der Waals surface area (Å²) >= 11 is 0. The molecular weight excluding hydrogens is 214 g/mol. The summed E-state index contributed by atoms with van der Waals surface area (Å²) in [6.45, 7) is 8.71. The predicted octanol–water partition coefficient (Wildman–Crippen LogP) is 0.668. The number of carbonyl (C=O) groups is 1. The summed E-state index contributed by atoms with van der Waals surface area (Å²) in [5, 5.41) is 0. The van der Waals surface area contributed by atoms with Crippen LogP contribution in [0.3, 0.4) is 0 Å². The fourth-order valence-corrected chi connectivity index (χ4v) is 2.89. The molecule has 2 N–H and O–H groups in total. The average Bonchev–Trinajstić information content (AvgIpc) is 2.28. The van der Waals surface area contributed by atoms with Gasteiger partial charge in [0.25, 0.3) is 0 Å². The molecule has 0 bridgehead atoms. The lowest BCUT2D eigenvalue weighted by Crippen LogP contribution is -2.57. The molecule has 2 aliphatic rings. The maximum Gasteiger partial charge on any atom is 0.230 e. The van der Waals surface area contributed by atoms with E-state index in [0.29, 0.717) is 18.5 Å². The van der Waals surface area contributed by atoms with E-state index in [1.165, 1.54) is 0 Å². The first kappa shape index (κ1) is 12.8. The van der Waals surface area contributed by atoms with Crippen molar-refractivity contribution in [1.82, 2.24) is 9.80 Å². The molecule has 4 heteroatoms. The SMILES string of the molecule is CC(C)N1CCN(C(=O)C2(CN)CCC2)CC1. The number of nitrogens with zero attached hydrogens (tertiary/aromatic N) is 2. The van der Waals surface area contributed by atoms with Crippen molar-refractivity contribution in [1.29, 1.82) is 0 Å². The van der Waals surface area contributed by atoms with E-state index in [-0.39, 0.29) is 5.41 Å². The van der Waals surface area contributed by atoms with Crippen molar-refractivity contribution in [3.63, 3.8) is 0 Å². The van der Waals surface area contributed by atoms with E-state index in [4.69, 9.17) is 5.73 Å². The van der Waals surface area contributed by atoms with Crippen LogP contribution in [-0.4, -0.2) is 54.5 Å². The first-order chi connectivity index (χ1) is 8.09. The van der Waals surface area contributed by atoms with Crippen LogP contribution < -0.4 is 5.73 Å². The highest BCUT2D eigenvalue weighted by molar-refractivity contribution is 5.84. The van der Waals surface area contributed by atoms with Crippen molar-refractivity contribution in [2.75, 3.05) is 32.7 Å². The average molecular weight is 239 g/mol. The molecule has 0 aromatic carbocycles. The van der Waals surface area contributed by atoms with E-state index in [2.05, 4.69) is 18.7 Å². The van der Waals surface area contributed by atoms with E-state index in [0.717, 1.165) is 45.4 Å². The first-order valence-corrected chi connectivity index (χ1v) is 6.82. The summed E-state index contributed by atoms with van der Waals surface area (Å²) in [5.74, 6) is 0.314. The molecule has 0 aromatic heterocycles. The quantitative estimate of drug-likeness (QED) is 0.787. The topological polar surface area (TPSA) is 49.6 Å². The monoisotopic (exact) mass is 239 g/mol. The Balaban J connectivity index is 1.90. The Morgan fingerprint density at radius 3 is 2.18 bits per heavy atom. The van der Waals surface area contributed by atoms with Crippen LogP contribution in [0.15, 0.2) is 0 Å². The highest BCUT2D eigenvalue weighted by Crippen LogP contribution is 2.41. The Morgan fingerprint density at radius 2 is 1.82 bits per heavy atom. The summed E-state index contributed by atoms with van der Waals surface area (Å²) < 4.78 is 0. The van der Waals surface area contributed by atoms with Gasteiger partial charge in [-0.15, -0.1) is 0 Å². The normalized spacial score (nSPS) is 24.8. The first-order valence-electron chi connectivity index (χ1n) is 6.82. The molecule has 0 unspecified atom stereocenters. The third kappa shape index (κ3) is 2.33. The Bertz CT molecular complexity index is 273. The van der Waals surface area contributed by atoms with Crippen LogP contribution in [0.2, 0.25) is 0 Å². The fraction of sp³-hybridized carbons (Fsp3) is 0.923. The van der Waals surface area contributed by atoms with Crippen LogP contribution >= 0.6 is 0 Å². The van der Waals surface area contributed by atoms with Gasteiger partial charge in [0.1, 0.15) is 0 Å². The van der Waals surface area contributed by atoms with Gasteiger partial charge < -0.3 is 10.6 Å². The molecule has 0 spiro atoms. The van der Waals surface area contributed by atoms with Crippen LogP contribution in [0.25, 0.3) is 0 Å². The number of nitrogens with two attached hydrogens (primary N) is 1. The largest absolute Gasteiger partial charge is 0.340 e. The molecule has 2 fully saturated rings. The zero-order valence-corrected chi connectivity index (χ0v) is 11.1. The van der Waals surface area contributed by atoms with Gasteiger partial charge in [-0.2, -0.15) is 0 Å². The van der Waals surface area contributed by atoms with Crippen molar-refractivity contribution in [2.45, 2.75) is 39.2 Å². The number of carbonyl (C=O) groups excluding carboxylic acids is 1. The maximum atomic E-state index is 12.4. The number of piperazine rings is 1. The second kappa shape index (κ2) is 4.94. The van der Waals surface area contributed by atoms with Gasteiger partial charge in [-0.1, -0.05) is 6.42 Å². The van der Waals surface area contributed by atoms with Crippen molar-refractivity contribution in [3.8, 4) is 0 Å². The van der Waals surface area contributed by atoms with Crippen molar-refractivity contribution >= 4 is 5.91 Å². The molecule has 1 saturated heterocycles. The van der Waals surface area contributed by atoms with E-state index < -0.39 is 0 Å². The van der Waals surface area contributed by atoms with Gasteiger partial charge in [0.05, 0.1) is 5.41 Å². The van der Waals surface area contributed by atoms with Crippen LogP contribution in [-0.2, 0) is 4.79 Å². The van der Waals surface area contributed by atoms with Crippen molar-refractivity contribution in [3.05, 3.63) is 0 Å². The third-order valence-corrected chi connectivity index (χ3v) is 4.49. The molecular formula is C13H25N3O. The lowest BCUT2D eigenvalue weighted by molar-refractivity contribution is -0.148. The second-order valence-corrected chi connectivity index (χ2v) is 5.76. The minimum Gasteiger partial charge on any atom is -0.340 e. The number of hydrogen-bond acceptors (Lipinski definition) is 3. The molecule has 1 saturated carbocycles. The van der Waals surface area contributed by atoms with Crippen LogP contribution in [0.5, 0.6) is 0 Å². The summed E-state index contributed by atoms with van der Waals surface area (Å²) in [6.07, 6.45) is 3.15. The highest BCUT2D eigenvalue weighted by Gasteiger charge is 2.45. The van der Waals surface area contributed by atoms with E-state index in [1.807, 2.05) is 4.90 Å². The number of rotatable bonds is 3. The predicted molar refractivity (Wildman–Crippen MR) is 68.6 cm³/mol. The minimum atomic E-state index is -0.194. The molecule has 1 aliphatic heterocycles. The maximum absolute atomic E-state index is 12.4. The highest BCUT2D eigenvalue weighted by atomic mass is 16.2. The van der Waals surface area contributed by atoms with Gasteiger partial charge in [0, 0.05) is 38.8 Å². The van der Waals surface area contributed by atoms with Crippen LogP contribution in [0.4, 0.5) is 0 Å². The van der Waals surface area contributed by atoms with Crippen molar-refractivity contribution < 1.29 is 4.79 Å². The number of hydrogen-bond donors (Lipinski definition) is 1. The summed E-state index contributed by atoms with van der Waals surface area (Å²) in [6, 6.07) is 0.583. The van der Waals surface area contributed by atoms with E-state index in [1.54, 1.807) is 0 Å². The van der Waals surface area contributed by atoms with Gasteiger partial charge in [0.15, 0.2) is 0 Å². The van der Waals surface area contributed by atoms with E-state index >= 15 is 0 Å². The zero-order valence-electron chi connectivity index (χ0n) is 11.1. The summed E-state index contributed by atoms with van der Waals surface area (Å²) in [5.41, 5.74) is 5.60. The molecule has 1 amide bonds. The summed E-state index contributed by atoms with van der Waals surface area (Å²) in [7, 11) is 0. The molecule has 0 radical (unpaired) electrons. The van der Waals surface area contributed by atoms with Crippen LogP contribution in [0, 0.1) is 5.41 Å². The third-order valence-electron chi connectivity index (χ3n) is 4.49. The van der Waals surface area contributed by atoms with Crippen LogP contribution in [0.1, 0.15) is 33.1 Å². The van der Waals surface area contributed by atoms with Gasteiger partial charge in [0.2, 0.25) is 5.91 Å². The second-order valence-electron chi connectivity index (χ2n) is 5.76. The standard InChI is InChI=1S/C13H25N3O/c1-11(2)15-6-8-16(9-7-15)12(17)13(10-14)4-3-5-13/h11H,3-10,14H2,1-2H3. The lowest BCUT2D eigenvalue weighted by atomic mass is 9.67. The smallest absolute Gasteiger partial charge is 0.230 e. The molecule has 1 heterocycles. The molecule has 0 aromatic rings. The Kier molecular flexibility index (Phi) is 3.73. The minimum absolute atomic E-state index is 0.194. The zero-order chi connectivity index (χ0) is 12.5. The lowest BCUT2D eigenvalue weighted by Gasteiger charge is -2.45. The number of amides is 1. The van der Waals surface area contributed by atoms with Gasteiger partial charge >= 0.3 is 0 Å². The Labute approximate surface area is 104 Å². The van der Waals surface area contributed by atoms with Crippen molar-refractivity contribution in [2.24, 2.45) is 11.1 Å². The Morgan fingerprint density at radius 1 is 1.24 bits per heavy atom. The fourth-order valence-electron chi connectivity index (χ4n) is 2.89. The van der Waals surface area contributed by atoms with Gasteiger partial charge in [-0.05, 0) is 26.7 Å². The molecule has 4 nitrogen and oxygen atoms in total. The molecule has 2 rings (SSSR count). The molecule has 0 atom stereocenters. The van der Waals surface area contributed by atoms with Gasteiger partial charge in [-0.3, -0.25) is 9.69 Å². The Hall–Kier alpha value is -0.610. The molecule has 1 aliphatic carbocycles. The van der Waals surface area contributed by atoms with E-state index in [9.17, 15) is 4.79 Å². The summed E-state index contributed by atoms with van der Waals surface area (Å²) in [4.78, 5) is 16.9.